The van der Waals surface area contributed by atoms with E-state index < -0.39 is 0 Å². The largest absolute Gasteiger partial charge is 0.495 e. The molecule has 37 heavy (non-hydrogen) atoms. The lowest BCUT2D eigenvalue weighted by Crippen LogP contribution is -2.48. The molecule has 1 aliphatic heterocycles. The Balaban J connectivity index is 1.51. The molecule has 0 saturated carbocycles. The van der Waals surface area contributed by atoms with Crippen molar-refractivity contribution in [3.8, 4) is 11.4 Å². The quantitative estimate of drug-likeness (QED) is 0.405. The summed E-state index contributed by atoms with van der Waals surface area (Å²) in [6.45, 7) is 6.21. The van der Waals surface area contributed by atoms with Crippen molar-refractivity contribution in [1.82, 2.24) is 19.4 Å². The molecular formula is C29H36N4O4. The molecule has 0 bridgehead atoms. The van der Waals surface area contributed by atoms with Crippen molar-refractivity contribution in [3.05, 3.63) is 84.0 Å². The van der Waals surface area contributed by atoms with E-state index in [-0.39, 0.29) is 18.6 Å². The summed E-state index contributed by atoms with van der Waals surface area (Å²) in [6.07, 6.45) is 7.66. The number of aromatic nitrogens is 2. The molecule has 1 amide bonds. The second-order valence-electron chi connectivity index (χ2n) is 9.20. The summed E-state index contributed by atoms with van der Waals surface area (Å²) >= 11 is 0. The lowest BCUT2D eigenvalue weighted by Gasteiger charge is -2.33. The van der Waals surface area contributed by atoms with Crippen LogP contribution in [0.2, 0.25) is 0 Å². The van der Waals surface area contributed by atoms with Crippen molar-refractivity contribution in [2.45, 2.75) is 19.4 Å². The van der Waals surface area contributed by atoms with E-state index in [9.17, 15) is 9.90 Å². The number of nitrogens with zero attached hydrogens (tertiary/aromatic N) is 4. The van der Waals surface area contributed by atoms with Gasteiger partial charge in [0.25, 0.3) is 0 Å². The Labute approximate surface area is 218 Å². The Morgan fingerprint density at radius 2 is 2.00 bits per heavy atom. The molecule has 2 aromatic carbocycles. The first kappa shape index (κ1) is 26.6. The number of imidazole rings is 1. The Morgan fingerprint density at radius 1 is 1.22 bits per heavy atom. The first-order valence-corrected chi connectivity index (χ1v) is 12.7. The Hall–Kier alpha value is -3.46. The third kappa shape index (κ3) is 7.29. The number of aryl methyl sites for hydroxylation is 1. The SMILES string of the molecule is COc1cc(/C=C/C(=O)N(CCN2CCOCC2)[C@@H](CO)Cc2ccccc2)ccc1-n1cnc(C)c1. The second kappa shape index (κ2) is 13.2. The Bertz CT molecular complexity index is 1170. The molecule has 0 aliphatic carbocycles. The van der Waals surface area contributed by atoms with Gasteiger partial charge >= 0.3 is 0 Å². The Kier molecular flexibility index (Phi) is 9.48. The fraction of sp³-hybridized carbons (Fsp3) is 0.379. The minimum atomic E-state index is -0.318. The van der Waals surface area contributed by atoms with Crippen LogP contribution in [-0.4, -0.2) is 89.5 Å². The van der Waals surface area contributed by atoms with E-state index in [4.69, 9.17) is 9.47 Å². The van der Waals surface area contributed by atoms with Crippen molar-refractivity contribution < 1.29 is 19.4 Å². The summed E-state index contributed by atoms with van der Waals surface area (Å²) in [5.74, 6) is 0.560. The van der Waals surface area contributed by atoms with E-state index in [1.165, 1.54) is 0 Å². The zero-order valence-electron chi connectivity index (χ0n) is 21.6. The minimum absolute atomic E-state index is 0.107. The molecule has 0 radical (unpaired) electrons. The van der Waals surface area contributed by atoms with Gasteiger partial charge in [0.05, 0.1) is 50.7 Å². The van der Waals surface area contributed by atoms with Gasteiger partial charge in [0.1, 0.15) is 5.75 Å². The topological polar surface area (TPSA) is 80.1 Å². The number of morpholine rings is 1. The van der Waals surface area contributed by atoms with Crippen LogP contribution >= 0.6 is 0 Å². The van der Waals surface area contributed by atoms with Crippen LogP contribution in [0.3, 0.4) is 0 Å². The first-order valence-electron chi connectivity index (χ1n) is 12.7. The van der Waals surface area contributed by atoms with Crippen LogP contribution in [0, 0.1) is 6.92 Å². The molecule has 1 saturated heterocycles. The summed E-state index contributed by atoms with van der Waals surface area (Å²) in [5, 5.41) is 10.3. The van der Waals surface area contributed by atoms with Crippen molar-refractivity contribution >= 4 is 12.0 Å². The number of rotatable bonds is 11. The van der Waals surface area contributed by atoms with Crippen LogP contribution in [0.5, 0.6) is 5.75 Å². The molecule has 8 heteroatoms. The summed E-state index contributed by atoms with van der Waals surface area (Å²) < 4.78 is 13.0. The number of amides is 1. The van der Waals surface area contributed by atoms with Gasteiger partial charge < -0.3 is 24.0 Å². The van der Waals surface area contributed by atoms with Gasteiger partial charge in [-0.05, 0) is 42.7 Å². The molecule has 3 aromatic rings. The van der Waals surface area contributed by atoms with Gasteiger partial charge in [0, 0.05) is 38.5 Å². The molecule has 1 fully saturated rings. The number of aliphatic hydroxyl groups excluding tert-OH is 1. The van der Waals surface area contributed by atoms with Crippen molar-refractivity contribution in [2.75, 3.05) is 53.1 Å². The number of hydrogen-bond donors (Lipinski definition) is 1. The maximum absolute atomic E-state index is 13.5. The number of benzene rings is 2. The predicted molar refractivity (Wildman–Crippen MR) is 144 cm³/mol. The second-order valence-corrected chi connectivity index (χ2v) is 9.20. The van der Waals surface area contributed by atoms with Crippen LogP contribution in [0.1, 0.15) is 16.8 Å². The van der Waals surface area contributed by atoms with Gasteiger partial charge in [-0.15, -0.1) is 0 Å². The number of aliphatic hydroxyl groups is 1. The highest BCUT2D eigenvalue weighted by atomic mass is 16.5. The molecule has 1 N–H and O–H groups in total. The average Bonchev–Trinajstić information content (AvgIpc) is 3.38. The average molecular weight is 505 g/mol. The van der Waals surface area contributed by atoms with E-state index in [1.54, 1.807) is 30.5 Å². The van der Waals surface area contributed by atoms with Gasteiger partial charge in [0.15, 0.2) is 0 Å². The fourth-order valence-electron chi connectivity index (χ4n) is 4.53. The smallest absolute Gasteiger partial charge is 0.246 e. The first-order chi connectivity index (χ1) is 18.1. The van der Waals surface area contributed by atoms with Crippen LogP contribution < -0.4 is 4.74 Å². The van der Waals surface area contributed by atoms with E-state index in [0.717, 1.165) is 42.1 Å². The molecular weight excluding hydrogens is 468 g/mol. The number of carbonyl (C=O) groups is 1. The predicted octanol–water partition coefficient (Wildman–Crippen LogP) is 2.97. The highest BCUT2D eigenvalue weighted by molar-refractivity contribution is 5.92. The van der Waals surface area contributed by atoms with Gasteiger partial charge in [-0.3, -0.25) is 9.69 Å². The third-order valence-corrected chi connectivity index (χ3v) is 6.62. The van der Waals surface area contributed by atoms with Gasteiger partial charge in [-0.25, -0.2) is 4.98 Å². The number of methoxy groups -OCH3 is 1. The monoisotopic (exact) mass is 504 g/mol. The molecule has 1 aromatic heterocycles. The molecule has 196 valence electrons. The number of carbonyl (C=O) groups excluding carboxylic acids is 1. The lowest BCUT2D eigenvalue weighted by molar-refractivity contribution is -0.129. The highest BCUT2D eigenvalue weighted by Gasteiger charge is 2.23. The molecule has 0 unspecified atom stereocenters. The van der Waals surface area contributed by atoms with Crippen LogP contribution in [0.25, 0.3) is 11.8 Å². The summed E-state index contributed by atoms with van der Waals surface area (Å²) in [4.78, 5) is 21.8. The molecule has 1 aliphatic rings. The summed E-state index contributed by atoms with van der Waals surface area (Å²) in [5.41, 5.74) is 3.73. The van der Waals surface area contributed by atoms with Gasteiger partial charge in [-0.2, -0.15) is 0 Å². The number of ether oxygens (including phenoxy) is 2. The highest BCUT2D eigenvalue weighted by Crippen LogP contribution is 2.25. The minimum Gasteiger partial charge on any atom is -0.495 e. The van der Waals surface area contributed by atoms with E-state index in [2.05, 4.69) is 9.88 Å². The van der Waals surface area contributed by atoms with Crippen molar-refractivity contribution in [3.63, 3.8) is 0 Å². The van der Waals surface area contributed by atoms with Gasteiger partial charge in [0.2, 0.25) is 5.91 Å². The van der Waals surface area contributed by atoms with Crippen molar-refractivity contribution in [1.29, 1.82) is 0 Å². The number of hydrogen-bond acceptors (Lipinski definition) is 6. The van der Waals surface area contributed by atoms with E-state index >= 15 is 0 Å². The zero-order chi connectivity index (χ0) is 26.0. The van der Waals surface area contributed by atoms with Gasteiger partial charge in [-0.1, -0.05) is 36.4 Å². The standard InChI is InChI=1S/C29H36N4O4/c1-23-20-32(22-30-23)27-10-8-25(19-28(27)36-2)9-11-29(35)33(13-12-31-14-16-37-17-15-31)26(21-34)18-24-6-4-3-5-7-24/h3-11,19-20,22,26,34H,12-18,21H2,1-2H3/b11-9+/t26-/m1/s1. The molecule has 1 atom stereocenters. The van der Waals surface area contributed by atoms with Crippen molar-refractivity contribution in [2.24, 2.45) is 0 Å². The van der Waals surface area contributed by atoms with E-state index in [1.807, 2.05) is 66.2 Å². The molecule has 2 heterocycles. The van der Waals surface area contributed by atoms with Crippen LogP contribution in [0.4, 0.5) is 0 Å². The maximum atomic E-state index is 13.5. The third-order valence-electron chi connectivity index (χ3n) is 6.62. The molecule has 0 spiro atoms. The zero-order valence-corrected chi connectivity index (χ0v) is 21.6. The van der Waals surface area contributed by atoms with E-state index in [0.29, 0.717) is 31.9 Å². The lowest BCUT2D eigenvalue weighted by atomic mass is 10.0. The summed E-state index contributed by atoms with van der Waals surface area (Å²) in [7, 11) is 1.63. The summed E-state index contributed by atoms with van der Waals surface area (Å²) in [6, 6.07) is 15.5. The fourth-order valence-corrected chi connectivity index (χ4v) is 4.53. The maximum Gasteiger partial charge on any atom is 0.246 e. The molecule has 8 nitrogen and oxygen atoms in total. The normalized spacial score (nSPS) is 15.1. The molecule has 4 rings (SSSR count). The van der Waals surface area contributed by atoms with Crippen LogP contribution in [0.15, 0.2) is 67.1 Å². The Morgan fingerprint density at radius 3 is 2.68 bits per heavy atom. The van der Waals surface area contributed by atoms with Crippen LogP contribution in [-0.2, 0) is 16.0 Å².